The lowest BCUT2D eigenvalue weighted by atomic mass is 9.98. The van der Waals surface area contributed by atoms with Crippen molar-refractivity contribution in [1.82, 2.24) is 0 Å². The maximum Gasteiger partial charge on any atom is 0.279 e. The average molecular weight is 274 g/mol. The zero-order chi connectivity index (χ0) is 14.0. The molecule has 0 bridgehead atoms. The van der Waals surface area contributed by atoms with Crippen LogP contribution in [0.4, 0.5) is 0 Å². The molecule has 19 heavy (non-hydrogen) atoms. The number of hydrogen-bond donors (Lipinski definition) is 0. The predicted octanol–water partition coefficient (Wildman–Crippen LogP) is 3.40. The normalized spacial score (nSPS) is 14.9. The molecule has 1 aromatic rings. The van der Waals surface area contributed by atoms with E-state index in [9.17, 15) is 9.59 Å². The second-order valence-corrected chi connectivity index (χ2v) is 4.71. The third kappa shape index (κ3) is 2.88. The summed E-state index contributed by atoms with van der Waals surface area (Å²) in [5.41, 5.74) is 1.97. The zero-order valence-corrected chi connectivity index (χ0v) is 11.4. The number of rotatable bonds is 1. The van der Waals surface area contributed by atoms with E-state index in [1.165, 1.54) is 0 Å². The maximum absolute atomic E-state index is 12.0. The van der Waals surface area contributed by atoms with E-state index in [-0.39, 0.29) is 5.78 Å². The van der Waals surface area contributed by atoms with Crippen LogP contribution in [0, 0.1) is 0 Å². The molecule has 0 saturated heterocycles. The van der Waals surface area contributed by atoms with Gasteiger partial charge in [0.1, 0.15) is 0 Å². The van der Waals surface area contributed by atoms with Gasteiger partial charge in [0.2, 0.25) is 0 Å². The Kier molecular flexibility index (Phi) is 3.76. The van der Waals surface area contributed by atoms with Crippen molar-refractivity contribution in [3.8, 4) is 0 Å². The summed E-state index contributed by atoms with van der Waals surface area (Å²) in [5, 5.41) is 0.366. The van der Waals surface area contributed by atoms with Gasteiger partial charge in [0, 0.05) is 0 Å². The zero-order valence-electron chi connectivity index (χ0n) is 10.6. The summed E-state index contributed by atoms with van der Waals surface area (Å²) < 4.78 is 0. The van der Waals surface area contributed by atoms with Crippen LogP contribution in [-0.2, 0) is 4.79 Å². The second kappa shape index (κ2) is 5.33. The fraction of sp³-hybridized carbons (Fsp3) is 0.133. The van der Waals surface area contributed by atoms with Gasteiger partial charge >= 0.3 is 0 Å². The van der Waals surface area contributed by atoms with Crippen molar-refractivity contribution < 1.29 is 9.59 Å². The average Bonchev–Trinajstić information content (AvgIpc) is 2.36. The molecule has 0 saturated carbocycles. The van der Waals surface area contributed by atoms with E-state index < -0.39 is 5.91 Å². The predicted molar refractivity (Wildman–Crippen MR) is 75.7 cm³/mol. The van der Waals surface area contributed by atoms with Gasteiger partial charge in [-0.1, -0.05) is 23.7 Å². The first-order valence-electron chi connectivity index (χ1n) is 5.78. The van der Waals surface area contributed by atoms with E-state index in [4.69, 9.17) is 11.6 Å². The van der Waals surface area contributed by atoms with E-state index in [2.05, 4.69) is 4.99 Å². The summed E-state index contributed by atoms with van der Waals surface area (Å²) in [4.78, 5) is 27.6. The Morgan fingerprint density at radius 2 is 1.68 bits per heavy atom. The van der Waals surface area contributed by atoms with Crippen LogP contribution in [0.3, 0.4) is 0 Å². The fourth-order valence-corrected chi connectivity index (χ4v) is 2.02. The third-order valence-electron chi connectivity index (χ3n) is 2.78. The highest BCUT2D eigenvalue weighted by Gasteiger charge is 2.15. The number of carbonyl (C=O) groups excluding carboxylic acids is 2. The third-order valence-corrected chi connectivity index (χ3v) is 3.11. The molecular weight excluding hydrogens is 262 g/mol. The molecule has 4 heteroatoms. The number of halogens is 1. The van der Waals surface area contributed by atoms with Gasteiger partial charge in [0.25, 0.3) is 5.91 Å². The summed E-state index contributed by atoms with van der Waals surface area (Å²) in [6.07, 6.45) is 3.20. The highest BCUT2D eigenvalue weighted by atomic mass is 35.5. The van der Waals surface area contributed by atoms with Gasteiger partial charge in [-0.05, 0) is 49.3 Å². The Balaban J connectivity index is 2.36. The highest BCUT2D eigenvalue weighted by Crippen LogP contribution is 2.17. The standard InChI is InChI=1S/C15H12ClNO2/c1-9-7-11(8-10(2)14(9)18)17-15(19)12-5-3-4-6-13(12)16/h3-8H,1-2H3. The Morgan fingerprint density at radius 3 is 2.26 bits per heavy atom. The molecule has 0 fully saturated rings. The van der Waals surface area contributed by atoms with Crippen molar-refractivity contribution in [3.63, 3.8) is 0 Å². The Hall–Kier alpha value is -2.00. The number of Topliss-reactive ketones (excluding diaryl/α,β-unsaturated/α-hetero) is 1. The fourth-order valence-electron chi connectivity index (χ4n) is 1.80. The van der Waals surface area contributed by atoms with Crippen LogP contribution < -0.4 is 0 Å². The van der Waals surface area contributed by atoms with Crippen LogP contribution in [0.25, 0.3) is 0 Å². The lowest BCUT2D eigenvalue weighted by Gasteiger charge is -2.08. The first-order chi connectivity index (χ1) is 8.99. The Labute approximate surface area is 116 Å². The molecular formula is C15H12ClNO2. The molecule has 0 radical (unpaired) electrons. The van der Waals surface area contributed by atoms with E-state index in [0.717, 1.165) is 0 Å². The number of hydrogen-bond acceptors (Lipinski definition) is 2. The van der Waals surface area contributed by atoms with Crippen molar-refractivity contribution in [2.45, 2.75) is 13.8 Å². The van der Waals surface area contributed by atoms with Crippen LogP contribution in [0.2, 0.25) is 5.02 Å². The molecule has 0 aromatic heterocycles. The van der Waals surface area contributed by atoms with Crippen LogP contribution in [0.1, 0.15) is 24.2 Å². The molecule has 0 unspecified atom stereocenters. The number of allylic oxidation sites excluding steroid dienone is 4. The molecule has 0 heterocycles. The molecule has 1 amide bonds. The monoisotopic (exact) mass is 273 g/mol. The van der Waals surface area contributed by atoms with Gasteiger partial charge in [0.15, 0.2) is 5.78 Å². The highest BCUT2D eigenvalue weighted by molar-refractivity contribution is 6.34. The first kappa shape index (κ1) is 13.4. The lowest BCUT2D eigenvalue weighted by Crippen LogP contribution is -2.12. The number of carbonyl (C=O) groups is 2. The van der Waals surface area contributed by atoms with Crippen molar-refractivity contribution in [2.24, 2.45) is 4.99 Å². The van der Waals surface area contributed by atoms with Crippen LogP contribution in [0.15, 0.2) is 52.6 Å². The lowest BCUT2D eigenvalue weighted by molar-refractivity contribution is -0.112. The second-order valence-electron chi connectivity index (χ2n) is 4.31. The largest absolute Gasteiger partial charge is 0.289 e. The molecule has 1 aliphatic rings. The minimum atomic E-state index is -0.414. The summed E-state index contributed by atoms with van der Waals surface area (Å²) in [7, 11) is 0. The van der Waals surface area contributed by atoms with Gasteiger partial charge in [-0.3, -0.25) is 9.59 Å². The minimum absolute atomic E-state index is 0.0239. The summed E-state index contributed by atoms with van der Waals surface area (Å²) in [6, 6.07) is 6.74. The van der Waals surface area contributed by atoms with Crippen LogP contribution in [-0.4, -0.2) is 17.4 Å². The molecule has 2 rings (SSSR count). The van der Waals surface area contributed by atoms with Gasteiger partial charge in [-0.15, -0.1) is 0 Å². The number of benzene rings is 1. The number of amides is 1. The number of nitrogens with zero attached hydrogens (tertiary/aromatic N) is 1. The molecule has 96 valence electrons. The number of ketones is 1. The van der Waals surface area contributed by atoms with Crippen molar-refractivity contribution in [2.75, 3.05) is 0 Å². The molecule has 0 atom stereocenters. The topological polar surface area (TPSA) is 46.5 Å². The van der Waals surface area contributed by atoms with Crippen LogP contribution in [0.5, 0.6) is 0 Å². The molecule has 3 nitrogen and oxygen atoms in total. The smallest absolute Gasteiger partial charge is 0.279 e. The molecule has 0 spiro atoms. The minimum Gasteiger partial charge on any atom is -0.289 e. The van der Waals surface area contributed by atoms with Gasteiger partial charge in [-0.25, -0.2) is 4.99 Å². The van der Waals surface area contributed by atoms with Gasteiger partial charge < -0.3 is 0 Å². The van der Waals surface area contributed by atoms with Crippen molar-refractivity contribution in [3.05, 3.63) is 58.1 Å². The van der Waals surface area contributed by atoms with E-state index >= 15 is 0 Å². The van der Waals surface area contributed by atoms with E-state index in [0.29, 0.717) is 27.4 Å². The Bertz CT molecular complexity index is 630. The van der Waals surface area contributed by atoms with E-state index in [1.54, 1.807) is 50.3 Å². The van der Waals surface area contributed by atoms with Crippen molar-refractivity contribution in [1.29, 1.82) is 0 Å². The summed E-state index contributed by atoms with van der Waals surface area (Å²) in [6.45, 7) is 3.41. The van der Waals surface area contributed by atoms with Gasteiger partial charge in [0.05, 0.1) is 16.3 Å². The maximum atomic E-state index is 12.0. The number of aliphatic imine (C=N–C) groups is 1. The molecule has 0 N–H and O–H groups in total. The van der Waals surface area contributed by atoms with E-state index in [1.807, 2.05) is 0 Å². The quantitative estimate of drug-likeness (QED) is 0.736. The summed E-state index contributed by atoms with van der Waals surface area (Å²) >= 11 is 5.94. The SMILES string of the molecule is CC1=CC(=NC(=O)c2ccccc2Cl)C=C(C)C1=O. The molecule has 1 aliphatic carbocycles. The first-order valence-corrected chi connectivity index (χ1v) is 6.15. The Morgan fingerprint density at radius 1 is 1.11 bits per heavy atom. The summed E-state index contributed by atoms with van der Waals surface area (Å²) in [5.74, 6) is -0.438. The van der Waals surface area contributed by atoms with Gasteiger partial charge in [-0.2, -0.15) is 0 Å². The van der Waals surface area contributed by atoms with Crippen molar-refractivity contribution >= 4 is 29.0 Å². The molecule has 0 aliphatic heterocycles. The van der Waals surface area contributed by atoms with Crippen LogP contribution >= 0.6 is 11.6 Å². The molecule has 1 aromatic carbocycles.